The SMILES string of the molecule is NC[C@H]1CCCN1C(=O)c1ccc(F)cc1Br. The van der Waals surface area contributed by atoms with Crippen LogP contribution in [0.25, 0.3) is 0 Å². The van der Waals surface area contributed by atoms with Gasteiger partial charge in [0.25, 0.3) is 5.91 Å². The highest BCUT2D eigenvalue weighted by atomic mass is 79.9. The van der Waals surface area contributed by atoms with E-state index in [9.17, 15) is 9.18 Å². The van der Waals surface area contributed by atoms with E-state index in [2.05, 4.69) is 15.9 Å². The fraction of sp³-hybridized carbons (Fsp3) is 0.417. The van der Waals surface area contributed by atoms with Crippen LogP contribution in [0.4, 0.5) is 4.39 Å². The van der Waals surface area contributed by atoms with Crippen molar-refractivity contribution in [2.45, 2.75) is 18.9 Å². The number of rotatable bonds is 2. The number of nitrogens with zero attached hydrogens (tertiary/aromatic N) is 1. The van der Waals surface area contributed by atoms with E-state index in [4.69, 9.17) is 5.73 Å². The van der Waals surface area contributed by atoms with Gasteiger partial charge in [0.1, 0.15) is 5.82 Å². The molecule has 2 N–H and O–H groups in total. The van der Waals surface area contributed by atoms with Crippen LogP contribution in [0.1, 0.15) is 23.2 Å². The zero-order chi connectivity index (χ0) is 12.4. The molecule has 0 bridgehead atoms. The van der Waals surface area contributed by atoms with E-state index in [1.807, 2.05) is 0 Å². The Morgan fingerprint density at radius 1 is 1.59 bits per heavy atom. The summed E-state index contributed by atoms with van der Waals surface area (Å²) in [5.74, 6) is -0.435. The molecule has 1 aliphatic heterocycles. The number of hydrogen-bond acceptors (Lipinski definition) is 2. The Morgan fingerprint density at radius 2 is 2.35 bits per heavy atom. The Kier molecular flexibility index (Phi) is 3.79. The molecule has 0 spiro atoms. The number of hydrogen-bond donors (Lipinski definition) is 1. The minimum Gasteiger partial charge on any atom is -0.334 e. The van der Waals surface area contributed by atoms with E-state index < -0.39 is 0 Å². The zero-order valence-corrected chi connectivity index (χ0v) is 10.9. The highest BCUT2D eigenvalue weighted by Crippen LogP contribution is 2.24. The van der Waals surface area contributed by atoms with Crippen molar-refractivity contribution >= 4 is 21.8 Å². The maximum Gasteiger partial charge on any atom is 0.255 e. The lowest BCUT2D eigenvalue weighted by atomic mass is 10.1. The van der Waals surface area contributed by atoms with E-state index >= 15 is 0 Å². The summed E-state index contributed by atoms with van der Waals surface area (Å²) in [4.78, 5) is 14.0. The van der Waals surface area contributed by atoms with Gasteiger partial charge >= 0.3 is 0 Å². The fourth-order valence-electron chi connectivity index (χ4n) is 2.17. The van der Waals surface area contributed by atoms with Crippen molar-refractivity contribution in [3.63, 3.8) is 0 Å². The highest BCUT2D eigenvalue weighted by Gasteiger charge is 2.29. The molecular weight excluding hydrogens is 287 g/mol. The zero-order valence-electron chi connectivity index (χ0n) is 9.33. The number of amides is 1. The summed E-state index contributed by atoms with van der Waals surface area (Å²) in [6.45, 7) is 1.20. The summed E-state index contributed by atoms with van der Waals surface area (Å²) in [5, 5.41) is 0. The number of benzene rings is 1. The first-order valence-electron chi connectivity index (χ1n) is 5.59. The molecule has 1 amide bonds. The van der Waals surface area contributed by atoms with Crippen LogP contribution >= 0.6 is 15.9 Å². The largest absolute Gasteiger partial charge is 0.334 e. The molecule has 1 heterocycles. The quantitative estimate of drug-likeness (QED) is 0.910. The molecule has 92 valence electrons. The molecule has 0 saturated carbocycles. The molecule has 1 aromatic rings. The molecule has 0 aliphatic carbocycles. The summed E-state index contributed by atoms with van der Waals surface area (Å²) in [6, 6.07) is 4.22. The third kappa shape index (κ3) is 2.50. The van der Waals surface area contributed by atoms with Crippen LogP contribution in [0.2, 0.25) is 0 Å². The average molecular weight is 301 g/mol. The summed E-state index contributed by atoms with van der Waals surface area (Å²) in [6.07, 6.45) is 1.92. The first kappa shape index (κ1) is 12.5. The Balaban J connectivity index is 2.24. The van der Waals surface area contributed by atoms with Crippen molar-refractivity contribution in [1.29, 1.82) is 0 Å². The first-order chi connectivity index (χ1) is 8.13. The predicted octanol–water partition coefficient (Wildman–Crippen LogP) is 2.15. The van der Waals surface area contributed by atoms with Crippen LogP contribution in [0.15, 0.2) is 22.7 Å². The molecule has 3 nitrogen and oxygen atoms in total. The fourth-order valence-corrected chi connectivity index (χ4v) is 2.69. The first-order valence-corrected chi connectivity index (χ1v) is 6.39. The van der Waals surface area contributed by atoms with E-state index in [1.165, 1.54) is 18.2 Å². The maximum atomic E-state index is 13.0. The molecule has 5 heteroatoms. The van der Waals surface area contributed by atoms with Crippen LogP contribution in [0.3, 0.4) is 0 Å². The van der Waals surface area contributed by atoms with E-state index in [-0.39, 0.29) is 17.8 Å². The van der Waals surface area contributed by atoms with Gasteiger partial charge in [0, 0.05) is 23.6 Å². The Bertz CT molecular complexity index is 439. The van der Waals surface area contributed by atoms with Gasteiger partial charge in [-0.15, -0.1) is 0 Å². The molecule has 1 saturated heterocycles. The second-order valence-corrected chi connectivity index (χ2v) is 5.01. The van der Waals surface area contributed by atoms with Crippen LogP contribution in [0, 0.1) is 5.82 Å². The Morgan fingerprint density at radius 3 is 3.00 bits per heavy atom. The summed E-state index contributed by atoms with van der Waals surface area (Å²) < 4.78 is 13.4. The van der Waals surface area contributed by atoms with Crippen molar-refractivity contribution < 1.29 is 9.18 Å². The Hall–Kier alpha value is -0.940. The monoisotopic (exact) mass is 300 g/mol. The van der Waals surface area contributed by atoms with Crippen molar-refractivity contribution in [3.8, 4) is 0 Å². The van der Waals surface area contributed by atoms with Gasteiger partial charge in [-0.3, -0.25) is 4.79 Å². The van der Waals surface area contributed by atoms with Crippen molar-refractivity contribution in [3.05, 3.63) is 34.1 Å². The lowest BCUT2D eigenvalue weighted by Gasteiger charge is -2.24. The van der Waals surface area contributed by atoms with Crippen LogP contribution in [-0.2, 0) is 0 Å². The minimum atomic E-state index is -0.356. The van der Waals surface area contributed by atoms with Crippen LogP contribution < -0.4 is 5.73 Å². The highest BCUT2D eigenvalue weighted by molar-refractivity contribution is 9.10. The van der Waals surface area contributed by atoms with Crippen molar-refractivity contribution in [2.75, 3.05) is 13.1 Å². The van der Waals surface area contributed by atoms with Gasteiger partial charge in [-0.25, -0.2) is 4.39 Å². The smallest absolute Gasteiger partial charge is 0.255 e. The summed E-state index contributed by atoms with van der Waals surface area (Å²) in [7, 11) is 0. The van der Waals surface area contributed by atoms with E-state index in [0.29, 0.717) is 16.6 Å². The second kappa shape index (κ2) is 5.14. The lowest BCUT2D eigenvalue weighted by Crippen LogP contribution is -2.40. The van der Waals surface area contributed by atoms with Gasteiger partial charge < -0.3 is 10.6 Å². The molecule has 0 unspecified atom stereocenters. The minimum absolute atomic E-state index is 0.0789. The van der Waals surface area contributed by atoms with Gasteiger partial charge in [0.05, 0.1) is 5.56 Å². The van der Waals surface area contributed by atoms with E-state index in [1.54, 1.807) is 4.90 Å². The molecule has 2 rings (SSSR count). The third-order valence-electron chi connectivity index (χ3n) is 3.07. The number of carbonyl (C=O) groups excluding carboxylic acids is 1. The topological polar surface area (TPSA) is 46.3 Å². The second-order valence-electron chi connectivity index (χ2n) is 4.15. The van der Waals surface area contributed by atoms with Gasteiger partial charge in [0.2, 0.25) is 0 Å². The number of likely N-dealkylation sites (tertiary alicyclic amines) is 1. The number of nitrogens with two attached hydrogens (primary N) is 1. The molecule has 1 aliphatic rings. The summed E-state index contributed by atoms with van der Waals surface area (Å²) >= 11 is 3.22. The molecule has 1 fully saturated rings. The molecule has 1 aromatic carbocycles. The average Bonchev–Trinajstić information content (AvgIpc) is 2.76. The molecule has 17 heavy (non-hydrogen) atoms. The van der Waals surface area contributed by atoms with Crippen LogP contribution in [0.5, 0.6) is 0 Å². The van der Waals surface area contributed by atoms with Crippen molar-refractivity contribution in [2.24, 2.45) is 5.73 Å². The third-order valence-corrected chi connectivity index (χ3v) is 3.73. The molecule has 0 radical (unpaired) electrons. The molecule has 1 atom stereocenters. The molecule has 0 aromatic heterocycles. The van der Waals surface area contributed by atoms with Gasteiger partial charge in [-0.05, 0) is 47.0 Å². The van der Waals surface area contributed by atoms with Gasteiger partial charge in [-0.2, -0.15) is 0 Å². The normalized spacial score (nSPS) is 19.7. The lowest BCUT2D eigenvalue weighted by molar-refractivity contribution is 0.0740. The summed E-state index contributed by atoms with van der Waals surface area (Å²) in [5.41, 5.74) is 6.13. The predicted molar refractivity (Wildman–Crippen MR) is 67.2 cm³/mol. The molecular formula is C12H14BrFN2O. The number of carbonyl (C=O) groups is 1. The Labute approximate surface area is 108 Å². The van der Waals surface area contributed by atoms with E-state index in [0.717, 1.165) is 19.4 Å². The van der Waals surface area contributed by atoms with Crippen LogP contribution in [-0.4, -0.2) is 29.9 Å². The van der Waals surface area contributed by atoms with Gasteiger partial charge in [0.15, 0.2) is 0 Å². The van der Waals surface area contributed by atoms with Gasteiger partial charge in [-0.1, -0.05) is 0 Å². The maximum absolute atomic E-state index is 13.0. The number of halogens is 2. The standard InChI is InChI=1S/C12H14BrFN2O/c13-11-6-8(14)3-4-10(11)12(17)16-5-1-2-9(16)7-15/h3-4,6,9H,1-2,5,7,15H2/t9-/m1/s1. The van der Waals surface area contributed by atoms with Crippen molar-refractivity contribution in [1.82, 2.24) is 4.90 Å².